The van der Waals surface area contributed by atoms with Gasteiger partial charge in [-0.2, -0.15) is 0 Å². The largest absolute Gasteiger partial charge is 0.492 e. The fraction of sp³-hybridized carbons (Fsp3) is 0.667. The molecule has 1 saturated heterocycles. The van der Waals surface area contributed by atoms with Crippen LogP contribution in [0.3, 0.4) is 0 Å². The average Bonchev–Trinajstić information content (AvgIpc) is 2.65. The number of amides is 1. The molecule has 1 aromatic carbocycles. The van der Waals surface area contributed by atoms with Gasteiger partial charge in [0, 0.05) is 32.2 Å². The van der Waals surface area contributed by atoms with Crippen molar-refractivity contribution in [1.82, 2.24) is 10.2 Å². The van der Waals surface area contributed by atoms with E-state index >= 15 is 0 Å². The summed E-state index contributed by atoms with van der Waals surface area (Å²) >= 11 is 0. The zero-order valence-corrected chi connectivity index (χ0v) is 16.2. The molecule has 1 saturated carbocycles. The van der Waals surface area contributed by atoms with Crippen LogP contribution >= 0.6 is 0 Å². The van der Waals surface area contributed by atoms with Gasteiger partial charge in [0.1, 0.15) is 5.75 Å². The molecule has 5 nitrogen and oxygen atoms in total. The second-order valence-corrected chi connectivity index (χ2v) is 7.69. The molecule has 5 heteroatoms. The first-order valence-corrected chi connectivity index (χ1v) is 10.1. The maximum Gasteiger partial charge on any atom is 0.234 e. The summed E-state index contributed by atoms with van der Waals surface area (Å²) in [5.74, 6) is 1.95. The summed E-state index contributed by atoms with van der Waals surface area (Å²) in [5.41, 5.74) is 1.16. The molecule has 0 aromatic heterocycles. The lowest BCUT2D eigenvalue weighted by Gasteiger charge is -2.36. The van der Waals surface area contributed by atoms with Gasteiger partial charge in [0.2, 0.25) is 5.91 Å². The molecule has 2 aliphatic rings. The predicted octanol–water partition coefficient (Wildman–Crippen LogP) is 2.90. The summed E-state index contributed by atoms with van der Waals surface area (Å²) in [4.78, 5) is 17.0. The number of anilines is 1. The fourth-order valence-corrected chi connectivity index (χ4v) is 4.02. The monoisotopic (exact) mass is 359 g/mol. The fourth-order valence-electron chi connectivity index (χ4n) is 4.02. The van der Waals surface area contributed by atoms with Gasteiger partial charge in [0.15, 0.2) is 0 Å². The molecule has 0 spiro atoms. The third kappa shape index (κ3) is 5.13. The Labute approximate surface area is 157 Å². The van der Waals surface area contributed by atoms with E-state index in [4.69, 9.17) is 4.74 Å². The van der Waals surface area contributed by atoms with E-state index in [-0.39, 0.29) is 5.91 Å². The highest BCUT2D eigenvalue weighted by atomic mass is 16.5. The van der Waals surface area contributed by atoms with Crippen LogP contribution in [-0.4, -0.2) is 56.2 Å². The molecule has 2 fully saturated rings. The smallest absolute Gasteiger partial charge is 0.234 e. The highest BCUT2D eigenvalue weighted by Crippen LogP contribution is 2.28. The van der Waals surface area contributed by atoms with Crippen molar-refractivity contribution in [3.8, 4) is 5.75 Å². The van der Waals surface area contributed by atoms with Crippen LogP contribution in [0.5, 0.6) is 5.75 Å². The second-order valence-electron chi connectivity index (χ2n) is 7.69. The number of rotatable bonds is 6. The topological polar surface area (TPSA) is 44.8 Å². The first kappa shape index (κ1) is 19.0. The molecule has 0 radical (unpaired) electrons. The van der Waals surface area contributed by atoms with Gasteiger partial charge in [-0.3, -0.25) is 9.69 Å². The molecular weight excluding hydrogens is 326 g/mol. The quantitative estimate of drug-likeness (QED) is 0.848. The van der Waals surface area contributed by atoms with E-state index in [0.29, 0.717) is 19.2 Å². The SMILES string of the molecule is CCOc1ccccc1N1CCN(CC(=O)NC2CCC(C)CC2)CC1. The summed E-state index contributed by atoms with van der Waals surface area (Å²) in [6.45, 7) is 9.20. The van der Waals surface area contributed by atoms with Crippen molar-refractivity contribution < 1.29 is 9.53 Å². The number of hydrogen-bond acceptors (Lipinski definition) is 4. The molecule has 1 aliphatic carbocycles. The number of nitrogens with one attached hydrogen (secondary N) is 1. The first-order valence-electron chi connectivity index (χ1n) is 10.1. The molecular formula is C21H33N3O2. The van der Waals surface area contributed by atoms with Gasteiger partial charge in [-0.05, 0) is 50.7 Å². The number of nitrogens with zero attached hydrogens (tertiary/aromatic N) is 2. The van der Waals surface area contributed by atoms with Gasteiger partial charge in [-0.25, -0.2) is 0 Å². The van der Waals surface area contributed by atoms with Crippen LogP contribution in [0.2, 0.25) is 0 Å². The van der Waals surface area contributed by atoms with Crippen LogP contribution in [0.15, 0.2) is 24.3 Å². The molecule has 1 heterocycles. The van der Waals surface area contributed by atoms with E-state index in [0.717, 1.165) is 56.4 Å². The van der Waals surface area contributed by atoms with Crippen LogP contribution in [-0.2, 0) is 4.79 Å². The number of hydrogen-bond donors (Lipinski definition) is 1. The normalized spacial score (nSPS) is 24.3. The highest BCUT2D eigenvalue weighted by molar-refractivity contribution is 5.78. The van der Waals surface area contributed by atoms with Crippen molar-refractivity contribution in [1.29, 1.82) is 0 Å². The molecule has 1 amide bonds. The van der Waals surface area contributed by atoms with Gasteiger partial charge in [0.25, 0.3) is 0 Å². The van der Waals surface area contributed by atoms with Crippen molar-refractivity contribution >= 4 is 11.6 Å². The number of ether oxygens (including phenoxy) is 1. The average molecular weight is 360 g/mol. The molecule has 1 aromatic rings. The van der Waals surface area contributed by atoms with Crippen molar-refractivity contribution in [2.75, 3.05) is 44.2 Å². The van der Waals surface area contributed by atoms with Crippen LogP contribution in [0.25, 0.3) is 0 Å². The summed E-state index contributed by atoms with van der Waals surface area (Å²) in [7, 11) is 0. The minimum Gasteiger partial charge on any atom is -0.492 e. The van der Waals surface area contributed by atoms with E-state index in [1.165, 1.54) is 12.8 Å². The number of para-hydroxylation sites is 2. The molecule has 0 bridgehead atoms. The summed E-state index contributed by atoms with van der Waals surface area (Å²) in [6, 6.07) is 8.61. The minimum atomic E-state index is 0.188. The number of piperazine rings is 1. The van der Waals surface area contributed by atoms with Crippen LogP contribution in [0.1, 0.15) is 39.5 Å². The van der Waals surface area contributed by atoms with E-state index in [9.17, 15) is 4.79 Å². The Morgan fingerprint density at radius 2 is 1.81 bits per heavy atom. The Morgan fingerprint density at radius 1 is 1.12 bits per heavy atom. The van der Waals surface area contributed by atoms with Gasteiger partial charge >= 0.3 is 0 Å². The number of carbonyl (C=O) groups excluding carboxylic acids is 1. The zero-order valence-electron chi connectivity index (χ0n) is 16.2. The Balaban J connectivity index is 1.44. The standard InChI is InChI=1S/C21H33N3O2/c1-3-26-20-7-5-4-6-19(20)24-14-12-23(13-15-24)16-21(25)22-18-10-8-17(2)9-11-18/h4-7,17-18H,3,8-16H2,1-2H3,(H,22,25). The van der Waals surface area contributed by atoms with E-state index in [1.807, 2.05) is 19.1 Å². The molecule has 0 unspecified atom stereocenters. The molecule has 3 rings (SSSR count). The number of carbonyl (C=O) groups is 1. The first-order chi connectivity index (χ1) is 12.7. The van der Waals surface area contributed by atoms with E-state index < -0.39 is 0 Å². The molecule has 144 valence electrons. The third-order valence-corrected chi connectivity index (χ3v) is 5.63. The molecule has 1 N–H and O–H groups in total. The maximum atomic E-state index is 12.4. The van der Waals surface area contributed by atoms with Crippen molar-refractivity contribution in [3.63, 3.8) is 0 Å². The Bertz CT molecular complexity index is 576. The van der Waals surface area contributed by atoms with Gasteiger partial charge in [-0.1, -0.05) is 19.1 Å². The predicted molar refractivity (Wildman–Crippen MR) is 106 cm³/mol. The zero-order chi connectivity index (χ0) is 18.4. The molecule has 26 heavy (non-hydrogen) atoms. The van der Waals surface area contributed by atoms with Gasteiger partial charge in [-0.15, -0.1) is 0 Å². The van der Waals surface area contributed by atoms with E-state index in [1.54, 1.807) is 0 Å². The summed E-state index contributed by atoms with van der Waals surface area (Å²) in [5, 5.41) is 3.24. The lowest BCUT2D eigenvalue weighted by molar-refractivity contribution is -0.123. The number of benzene rings is 1. The van der Waals surface area contributed by atoms with Gasteiger partial charge < -0.3 is 15.0 Å². The Morgan fingerprint density at radius 3 is 2.50 bits per heavy atom. The highest BCUT2D eigenvalue weighted by Gasteiger charge is 2.23. The van der Waals surface area contributed by atoms with Gasteiger partial charge in [0.05, 0.1) is 18.8 Å². The Kier molecular flexibility index (Phi) is 6.78. The Hall–Kier alpha value is -1.75. The second kappa shape index (κ2) is 9.26. The maximum absolute atomic E-state index is 12.4. The van der Waals surface area contributed by atoms with Crippen molar-refractivity contribution in [3.05, 3.63) is 24.3 Å². The van der Waals surface area contributed by atoms with Crippen molar-refractivity contribution in [2.45, 2.75) is 45.6 Å². The lowest BCUT2D eigenvalue weighted by Crippen LogP contribution is -2.50. The van der Waals surface area contributed by atoms with Crippen LogP contribution < -0.4 is 15.0 Å². The molecule has 0 atom stereocenters. The van der Waals surface area contributed by atoms with Crippen LogP contribution in [0.4, 0.5) is 5.69 Å². The van der Waals surface area contributed by atoms with Crippen LogP contribution in [0, 0.1) is 5.92 Å². The van der Waals surface area contributed by atoms with Crippen molar-refractivity contribution in [2.24, 2.45) is 5.92 Å². The summed E-state index contributed by atoms with van der Waals surface area (Å²) in [6.07, 6.45) is 4.75. The van der Waals surface area contributed by atoms with E-state index in [2.05, 4.69) is 34.2 Å². The third-order valence-electron chi connectivity index (χ3n) is 5.63. The molecule has 1 aliphatic heterocycles. The summed E-state index contributed by atoms with van der Waals surface area (Å²) < 4.78 is 5.75. The lowest BCUT2D eigenvalue weighted by atomic mass is 9.87. The minimum absolute atomic E-state index is 0.188.